The highest BCUT2D eigenvalue weighted by Crippen LogP contribution is 2.48. The zero-order chi connectivity index (χ0) is 19.7. The largest absolute Gasteiger partial charge is 0.496 e. The minimum Gasteiger partial charge on any atom is -0.496 e. The fraction of sp³-hybridized carbons (Fsp3) is 0.261. The van der Waals surface area contributed by atoms with E-state index < -0.39 is 18.1 Å². The van der Waals surface area contributed by atoms with Crippen molar-refractivity contribution in [1.82, 2.24) is 4.90 Å². The van der Waals surface area contributed by atoms with Gasteiger partial charge in [0.1, 0.15) is 23.6 Å². The Labute approximate surface area is 165 Å². The molecule has 0 aromatic heterocycles. The van der Waals surface area contributed by atoms with Crippen molar-refractivity contribution in [3.8, 4) is 0 Å². The first-order valence-electron chi connectivity index (χ1n) is 9.60. The molecular weight excluding hydrogens is 352 g/mol. The van der Waals surface area contributed by atoms with Gasteiger partial charge in [-0.3, -0.25) is 4.90 Å². The molecule has 2 unspecified atom stereocenters. The predicted molar refractivity (Wildman–Crippen MR) is 109 cm³/mol. The lowest BCUT2D eigenvalue weighted by molar-refractivity contribution is 0.102. The molecule has 0 aliphatic heterocycles. The Bertz CT molecular complexity index is 892. The number of fused-ring (bicyclic) bond motifs is 2. The normalized spacial score (nSPS) is 19.4. The summed E-state index contributed by atoms with van der Waals surface area (Å²) in [6, 6.07) is 14.7. The molecule has 2 aliphatic carbocycles. The number of carbonyl (C=O) groups is 1. The van der Waals surface area contributed by atoms with Crippen LogP contribution in [0.25, 0.3) is 12.2 Å². The number of amides is 2. The molecule has 28 heavy (non-hydrogen) atoms. The van der Waals surface area contributed by atoms with Crippen molar-refractivity contribution in [2.45, 2.75) is 25.9 Å². The van der Waals surface area contributed by atoms with E-state index in [1.165, 1.54) is 0 Å². The monoisotopic (exact) mass is 376 g/mol. The minimum atomic E-state index is -0.514. The van der Waals surface area contributed by atoms with Crippen LogP contribution in [-0.4, -0.2) is 24.1 Å². The zero-order valence-corrected chi connectivity index (χ0v) is 16.1. The van der Waals surface area contributed by atoms with E-state index in [-0.39, 0.29) is 0 Å². The summed E-state index contributed by atoms with van der Waals surface area (Å²) in [6.07, 6.45) is 3.98. The van der Waals surface area contributed by atoms with Gasteiger partial charge in [0, 0.05) is 0 Å². The maximum absolute atomic E-state index is 12.8. The Kier molecular flexibility index (Phi) is 4.82. The van der Waals surface area contributed by atoms with Crippen LogP contribution in [-0.2, 0) is 9.47 Å². The molecule has 2 aromatic rings. The molecule has 2 amide bonds. The number of hydrogen-bond acceptors (Lipinski definition) is 3. The number of nitrogens with two attached hydrogens (primary N) is 1. The molecule has 2 aromatic carbocycles. The van der Waals surface area contributed by atoms with Crippen LogP contribution in [0, 0.1) is 0 Å². The smallest absolute Gasteiger partial charge is 0.316 e. The quantitative estimate of drug-likeness (QED) is 0.799. The predicted octanol–water partition coefficient (Wildman–Crippen LogP) is 4.63. The molecule has 2 aliphatic rings. The number of hydrogen-bond donors (Lipinski definition) is 1. The summed E-state index contributed by atoms with van der Waals surface area (Å²) < 4.78 is 11.8. The standard InChI is InChI=1S/C23H24N2O3/c1-3-27-19-13-15-9-5-7-11-17(15)21(19)25(23(24)26)22-18-12-8-6-10-16(18)14-20(22)28-4-2/h5-14,21-22H,3-4H2,1-2H3,(H2,24,26). The number of rotatable bonds is 6. The van der Waals surface area contributed by atoms with Crippen molar-refractivity contribution in [1.29, 1.82) is 0 Å². The Hall–Kier alpha value is -3.21. The molecule has 0 saturated carbocycles. The van der Waals surface area contributed by atoms with Crippen molar-refractivity contribution < 1.29 is 14.3 Å². The lowest BCUT2D eigenvalue weighted by Crippen LogP contribution is -2.42. The molecule has 0 radical (unpaired) electrons. The van der Waals surface area contributed by atoms with E-state index >= 15 is 0 Å². The van der Waals surface area contributed by atoms with E-state index in [2.05, 4.69) is 0 Å². The molecule has 144 valence electrons. The van der Waals surface area contributed by atoms with Gasteiger partial charge in [-0.25, -0.2) is 4.79 Å². The maximum Gasteiger partial charge on any atom is 0.316 e. The number of urea groups is 1. The zero-order valence-electron chi connectivity index (χ0n) is 16.1. The highest BCUT2D eigenvalue weighted by molar-refractivity contribution is 5.79. The van der Waals surface area contributed by atoms with Crippen LogP contribution in [0.4, 0.5) is 4.79 Å². The van der Waals surface area contributed by atoms with Gasteiger partial charge in [-0.2, -0.15) is 0 Å². The van der Waals surface area contributed by atoms with E-state index in [0.29, 0.717) is 13.2 Å². The fourth-order valence-corrected chi connectivity index (χ4v) is 4.11. The van der Waals surface area contributed by atoms with Crippen LogP contribution in [0.5, 0.6) is 0 Å². The second kappa shape index (κ2) is 7.43. The molecule has 0 spiro atoms. The highest BCUT2D eigenvalue weighted by Gasteiger charge is 2.42. The number of ether oxygens (including phenoxy) is 2. The summed E-state index contributed by atoms with van der Waals surface area (Å²) in [4.78, 5) is 14.5. The van der Waals surface area contributed by atoms with Crippen molar-refractivity contribution in [3.63, 3.8) is 0 Å². The Morgan fingerprint density at radius 2 is 1.29 bits per heavy atom. The molecule has 2 N–H and O–H groups in total. The summed E-state index contributed by atoms with van der Waals surface area (Å²) in [5.41, 5.74) is 10.0. The van der Waals surface area contributed by atoms with Crippen molar-refractivity contribution >= 4 is 18.2 Å². The minimum absolute atomic E-state index is 0.395. The molecule has 2 atom stereocenters. The summed E-state index contributed by atoms with van der Waals surface area (Å²) >= 11 is 0. The lowest BCUT2D eigenvalue weighted by atomic mass is 10.00. The maximum atomic E-state index is 12.8. The molecule has 0 heterocycles. The van der Waals surface area contributed by atoms with Crippen molar-refractivity contribution in [2.24, 2.45) is 5.73 Å². The van der Waals surface area contributed by atoms with Crippen LogP contribution < -0.4 is 5.73 Å². The van der Waals surface area contributed by atoms with Gasteiger partial charge >= 0.3 is 6.03 Å². The first-order chi connectivity index (χ1) is 13.7. The van der Waals surface area contributed by atoms with E-state index in [4.69, 9.17) is 15.2 Å². The van der Waals surface area contributed by atoms with Crippen molar-refractivity contribution in [2.75, 3.05) is 13.2 Å². The summed E-state index contributed by atoms with van der Waals surface area (Å²) in [5, 5.41) is 0. The Morgan fingerprint density at radius 3 is 1.68 bits per heavy atom. The molecular formula is C23H24N2O3. The number of nitrogens with zero attached hydrogens (tertiary/aromatic N) is 1. The van der Waals surface area contributed by atoms with Crippen LogP contribution in [0.1, 0.15) is 48.2 Å². The van der Waals surface area contributed by atoms with Gasteiger partial charge in [0.15, 0.2) is 0 Å². The lowest BCUT2D eigenvalue weighted by Gasteiger charge is -2.36. The molecule has 5 nitrogen and oxygen atoms in total. The number of benzene rings is 2. The molecule has 5 heteroatoms. The van der Waals surface area contributed by atoms with Gasteiger partial charge in [-0.05, 0) is 48.3 Å². The van der Waals surface area contributed by atoms with E-state index in [1.54, 1.807) is 4.90 Å². The number of primary amides is 1. The van der Waals surface area contributed by atoms with Gasteiger partial charge in [0.25, 0.3) is 0 Å². The summed E-state index contributed by atoms with van der Waals surface area (Å²) in [5.74, 6) is 1.45. The van der Waals surface area contributed by atoms with Gasteiger partial charge in [-0.1, -0.05) is 48.5 Å². The SMILES string of the molecule is CCOC1=Cc2ccccc2C1N(C(N)=O)C1C(OCC)=Cc2ccccc21. The van der Waals surface area contributed by atoms with Gasteiger partial charge in [0.2, 0.25) is 0 Å². The third-order valence-electron chi connectivity index (χ3n) is 5.15. The topological polar surface area (TPSA) is 64.8 Å². The van der Waals surface area contributed by atoms with Crippen LogP contribution in [0.2, 0.25) is 0 Å². The third-order valence-corrected chi connectivity index (χ3v) is 5.15. The van der Waals surface area contributed by atoms with Crippen LogP contribution in [0.3, 0.4) is 0 Å². The first kappa shape index (κ1) is 18.2. The Morgan fingerprint density at radius 1 is 0.857 bits per heavy atom. The average molecular weight is 376 g/mol. The third kappa shape index (κ3) is 2.93. The van der Waals surface area contributed by atoms with E-state index in [9.17, 15) is 4.79 Å². The van der Waals surface area contributed by atoms with Crippen molar-refractivity contribution in [3.05, 3.63) is 82.3 Å². The highest BCUT2D eigenvalue weighted by atomic mass is 16.5. The molecule has 0 saturated heterocycles. The summed E-state index contributed by atoms with van der Waals surface area (Å²) in [7, 11) is 0. The van der Waals surface area contributed by atoms with Crippen LogP contribution in [0.15, 0.2) is 60.0 Å². The Balaban J connectivity index is 1.84. The van der Waals surface area contributed by atoms with Crippen LogP contribution >= 0.6 is 0 Å². The summed E-state index contributed by atoms with van der Waals surface area (Å²) in [6.45, 7) is 4.90. The molecule has 0 fully saturated rings. The second-order valence-electron chi connectivity index (χ2n) is 6.77. The molecule has 0 bridgehead atoms. The van der Waals surface area contributed by atoms with Gasteiger partial charge < -0.3 is 15.2 Å². The second-order valence-corrected chi connectivity index (χ2v) is 6.77. The van der Waals surface area contributed by atoms with Gasteiger partial charge in [0.05, 0.1) is 13.2 Å². The first-order valence-corrected chi connectivity index (χ1v) is 9.60. The number of carbonyl (C=O) groups excluding carboxylic acids is 1. The molecule has 4 rings (SSSR count). The van der Waals surface area contributed by atoms with E-state index in [1.807, 2.05) is 74.5 Å². The average Bonchev–Trinajstić information content (AvgIpc) is 3.22. The van der Waals surface area contributed by atoms with E-state index in [0.717, 1.165) is 33.8 Å². The fourth-order valence-electron chi connectivity index (χ4n) is 4.11. The van der Waals surface area contributed by atoms with Gasteiger partial charge in [-0.15, -0.1) is 0 Å².